The number of carbonyl (C=O) groups is 3. The van der Waals surface area contributed by atoms with Crippen molar-refractivity contribution in [2.75, 3.05) is 26.7 Å². The van der Waals surface area contributed by atoms with E-state index in [9.17, 15) is 14.4 Å². The number of esters is 1. The molecule has 0 aromatic rings. The van der Waals surface area contributed by atoms with Crippen LogP contribution in [-0.4, -0.2) is 54.7 Å². The van der Waals surface area contributed by atoms with Gasteiger partial charge in [0.15, 0.2) is 0 Å². The van der Waals surface area contributed by atoms with Crippen LogP contribution in [0.2, 0.25) is 0 Å². The van der Waals surface area contributed by atoms with E-state index in [1.807, 2.05) is 6.92 Å². The number of carboxylic acids is 1. The zero-order valence-electron chi connectivity index (χ0n) is 11.3. The van der Waals surface area contributed by atoms with Gasteiger partial charge in [-0.25, -0.2) is 4.79 Å². The topological polar surface area (TPSA) is 95.9 Å². The first-order valence-corrected chi connectivity index (χ1v) is 6.28. The Morgan fingerprint density at radius 3 is 2.42 bits per heavy atom. The molecule has 1 aliphatic carbocycles. The van der Waals surface area contributed by atoms with Crippen LogP contribution in [0.1, 0.15) is 26.2 Å². The number of carbonyl (C=O) groups excluding carboxylic acids is 2. The van der Waals surface area contributed by atoms with Crippen LogP contribution < -0.4 is 5.32 Å². The van der Waals surface area contributed by atoms with Crippen LogP contribution in [-0.2, 0) is 14.3 Å². The molecule has 0 saturated heterocycles. The molecule has 108 valence electrons. The summed E-state index contributed by atoms with van der Waals surface area (Å²) in [5, 5.41) is 11.6. The third-order valence-corrected chi connectivity index (χ3v) is 3.21. The first-order chi connectivity index (χ1) is 8.95. The van der Waals surface area contributed by atoms with E-state index in [4.69, 9.17) is 5.11 Å². The van der Waals surface area contributed by atoms with Crippen molar-refractivity contribution in [2.45, 2.75) is 26.2 Å². The SMILES string of the molecule is CCCN(CC(=O)OC)C(=O)NCC1(C(=O)O)CC1. The molecular weight excluding hydrogens is 252 g/mol. The summed E-state index contributed by atoms with van der Waals surface area (Å²) >= 11 is 0. The summed E-state index contributed by atoms with van der Waals surface area (Å²) in [7, 11) is 1.26. The van der Waals surface area contributed by atoms with E-state index in [-0.39, 0.29) is 13.1 Å². The van der Waals surface area contributed by atoms with Crippen LogP contribution in [0.4, 0.5) is 4.79 Å². The van der Waals surface area contributed by atoms with E-state index in [0.29, 0.717) is 25.8 Å². The lowest BCUT2D eigenvalue weighted by Crippen LogP contribution is -2.46. The van der Waals surface area contributed by atoms with Gasteiger partial charge in [0.05, 0.1) is 12.5 Å². The zero-order valence-corrected chi connectivity index (χ0v) is 11.3. The van der Waals surface area contributed by atoms with Crippen molar-refractivity contribution in [3.63, 3.8) is 0 Å². The molecule has 2 N–H and O–H groups in total. The summed E-state index contributed by atoms with van der Waals surface area (Å²) in [6, 6.07) is -0.431. The molecule has 1 rings (SSSR count). The number of methoxy groups -OCH3 is 1. The fourth-order valence-electron chi connectivity index (χ4n) is 1.72. The van der Waals surface area contributed by atoms with Gasteiger partial charge in [-0.3, -0.25) is 9.59 Å². The second-order valence-corrected chi connectivity index (χ2v) is 4.74. The molecule has 2 amide bonds. The van der Waals surface area contributed by atoms with Gasteiger partial charge in [0.2, 0.25) is 0 Å². The standard InChI is InChI=1S/C12H20N2O5/c1-3-6-14(7-9(15)19-2)11(18)13-8-12(4-5-12)10(16)17/h3-8H2,1-2H3,(H,13,18)(H,16,17). The van der Waals surface area contributed by atoms with Crippen LogP contribution in [0.3, 0.4) is 0 Å². The van der Waals surface area contributed by atoms with Gasteiger partial charge in [-0.2, -0.15) is 0 Å². The van der Waals surface area contributed by atoms with Gasteiger partial charge in [-0.15, -0.1) is 0 Å². The molecular formula is C12H20N2O5. The Balaban J connectivity index is 2.48. The van der Waals surface area contributed by atoms with Gasteiger partial charge in [0.25, 0.3) is 0 Å². The van der Waals surface area contributed by atoms with Crippen molar-refractivity contribution in [1.29, 1.82) is 0 Å². The molecule has 0 aromatic carbocycles. The maximum atomic E-state index is 11.9. The highest BCUT2D eigenvalue weighted by Crippen LogP contribution is 2.45. The number of rotatable bonds is 7. The molecule has 0 atom stereocenters. The molecule has 7 heteroatoms. The maximum absolute atomic E-state index is 11.9. The third kappa shape index (κ3) is 4.11. The highest BCUT2D eigenvalue weighted by molar-refractivity contribution is 5.82. The smallest absolute Gasteiger partial charge is 0.325 e. The molecule has 0 heterocycles. The summed E-state index contributed by atoms with van der Waals surface area (Å²) < 4.78 is 4.52. The number of carboxylic acid groups (broad SMARTS) is 1. The number of hydrogen-bond donors (Lipinski definition) is 2. The quantitative estimate of drug-likeness (QED) is 0.656. The van der Waals surface area contributed by atoms with Crippen LogP contribution in [0.25, 0.3) is 0 Å². The van der Waals surface area contributed by atoms with Gasteiger partial charge < -0.3 is 20.1 Å². The van der Waals surface area contributed by atoms with Crippen molar-refractivity contribution in [2.24, 2.45) is 5.41 Å². The average Bonchev–Trinajstić information content (AvgIpc) is 3.16. The van der Waals surface area contributed by atoms with Crippen molar-refractivity contribution in [3.8, 4) is 0 Å². The number of ether oxygens (including phenoxy) is 1. The first-order valence-electron chi connectivity index (χ1n) is 6.28. The van der Waals surface area contributed by atoms with E-state index in [0.717, 1.165) is 0 Å². The molecule has 0 aromatic heterocycles. The van der Waals surface area contributed by atoms with E-state index in [1.54, 1.807) is 0 Å². The zero-order chi connectivity index (χ0) is 14.5. The number of amides is 2. The molecule has 0 bridgehead atoms. The van der Waals surface area contributed by atoms with Gasteiger partial charge in [-0.05, 0) is 19.3 Å². The number of aliphatic carboxylic acids is 1. The summed E-state index contributed by atoms with van der Waals surface area (Å²) in [6.07, 6.45) is 1.86. The molecule has 0 radical (unpaired) electrons. The highest BCUT2D eigenvalue weighted by Gasteiger charge is 2.50. The van der Waals surface area contributed by atoms with Crippen LogP contribution in [0.5, 0.6) is 0 Å². The molecule has 7 nitrogen and oxygen atoms in total. The summed E-state index contributed by atoms with van der Waals surface area (Å²) in [4.78, 5) is 35.4. The molecule has 0 aliphatic heterocycles. The number of nitrogens with one attached hydrogen (secondary N) is 1. The molecule has 1 saturated carbocycles. The monoisotopic (exact) mass is 272 g/mol. The summed E-state index contributed by atoms with van der Waals surface area (Å²) in [6.45, 7) is 2.27. The largest absolute Gasteiger partial charge is 0.481 e. The lowest BCUT2D eigenvalue weighted by molar-refractivity contribution is -0.143. The predicted molar refractivity (Wildman–Crippen MR) is 66.6 cm³/mol. The summed E-state index contributed by atoms with van der Waals surface area (Å²) in [5.74, 6) is -1.38. The van der Waals surface area contributed by atoms with E-state index >= 15 is 0 Å². The fraction of sp³-hybridized carbons (Fsp3) is 0.750. The lowest BCUT2D eigenvalue weighted by Gasteiger charge is -2.22. The van der Waals surface area contributed by atoms with Crippen LogP contribution in [0, 0.1) is 5.41 Å². The molecule has 1 fully saturated rings. The average molecular weight is 272 g/mol. The number of urea groups is 1. The van der Waals surface area contributed by atoms with Crippen molar-refractivity contribution >= 4 is 18.0 Å². The normalized spacial score (nSPS) is 15.5. The Bertz CT molecular complexity index is 365. The van der Waals surface area contributed by atoms with E-state index < -0.39 is 23.4 Å². The molecule has 0 unspecified atom stereocenters. The maximum Gasteiger partial charge on any atom is 0.325 e. The van der Waals surface area contributed by atoms with Crippen LogP contribution >= 0.6 is 0 Å². The fourth-order valence-corrected chi connectivity index (χ4v) is 1.72. The third-order valence-electron chi connectivity index (χ3n) is 3.21. The molecule has 19 heavy (non-hydrogen) atoms. The van der Waals surface area contributed by atoms with E-state index in [2.05, 4.69) is 10.1 Å². The first kappa shape index (κ1) is 15.3. The number of nitrogens with zero attached hydrogens (tertiary/aromatic N) is 1. The Labute approximate surface area is 111 Å². The Morgan fingerprint density at radius 1 is 1.37 bits per heavy atom. The highest BCUT2D eigenvalue weighted by atomic mass is 16.5. The Morgan fingerprint density at radius 2 is 2.00 bits per heavy atom. The minimum Gasteiger partial charge on any atom is -0.481 e. The molecule has 0 spiro atoms. The second-order valence-electron chi connectivity index (χ2n) is 4.74. The Hall–Kier alpha value is -1.79. The predicted octanol–water partition coefficient (Wildman–Crippen LogP) is 0.446. The van der Waals surface area contributed by atoms with Crippen molar-refractivity contribution in [3.05, 3.63) is 0 Å². The van der Waals surface area contributed by atoms with Crippen molar-refractivity contribution < 1.29 is 24.2 Å². The van der Waals surface area contributed by atoms with E-state index in [1.165, 1.54) is 12.0 Å². The van der Waals surface area contributed by atoms with Gasteiger partial charge >= 0.3 is 18.0 Å². The minimum absolute atomic E-state index is 0.0998. The van der Waals surface area contributed by atoms with Gasteiger partial charge in [-0.1, -0.05) is 6.92 Å². The van der Waals surface area contributed by atoms with Gasteiger partial charge in [0, 0.05) is 13.1 Å². The second kappa shape index (κ2) is 6.40. The summed E-state index contributed by atoms with van der Waals surface area (Å²) in [5.41, 5.74) is -0.807. The van der Waals surface area contributed by atoms with Crippen LogP contribution in [0.15, 0.2) is 0 Å². The number of hydrogen-bond acceptors (Lipinski definition) is 4. The minimum atomic E-state index is -0.886. The Kier molecular flexibility index (Phi) is 5.14. The lowest BCUT2D eigenvalue weighted by atomic mass is 10.1. The van der Waals surface area contributed by atoms with Gasteiger partial charge in [0.1, 0.15) is 6.54 Å². The van der Waals surface area contributed by atoms with Crippen molar-refractivity contribution in [1.82, 2.24) is 10.2 Å². The molecule has 1 aliphatic rings.